The number of aliphatic hydroxyl groups is 3. The zero-order valence-corrected chi connectivity index (χ0v) is 18.2. The largest absolute Gasteiger partial charge is 0.458 e. The molecule has 4 rings (SSSR count). The summed E-state index contributed by atoms with van der Waals surface area (Å²) in [7, 11) is 0. The summed E-state index contributed by atoms with van der Waals surface area (Å²) in [5, 5.41) is 33.2. The Kier molecular flexibility index (Phi) is 4.91. The van der Waals surface area contributed by atoms with Crippen molar-refractivity contribution in [1.82, 2.24) is 0 Å². The second-order valence-corrected chi connectivity index (χ2v) is 10.1. The first kappa shape index (κ1) is 23.2. The Morgan fingerprint density at radius 3 is 2.47 bits per heavy atom. The third-order valence-electron chi connectivity index (χ3n) is 8.77. The number of ketones is 2. The van der Waals surface area contributed by atoms with E-state index in [4.69, 9.17) is 0 Å². The molecule has 0 unspecified atom stereocenters. The van der Waals surface area contributed by atoms with Crippen molar-refractivity contribution in [3.63, 3.8) is 0 Å². The molecular formula is C23H28F2O7. The molecule has 3 saturated carbocycles. The van der Waals surface area contributed by atoms with Gasteiger partial charge in [0, 0.05) is 30.1 Å². The third-order valence-corrected chi connectivity index (χ3v) is 8.77. The third kappa shape index (κ3) is 2.47. The average Bonchev–Trinajstić information content (AvgIpc) is 2.86. The maximum atomic E-state index is 17.0. The van der Waals surface area contributed by atoms with Crippen molar-refractivity contribution in [2.24, 2.45) is 16.7 Å². The quantitative estimate of drug-likeness (QED) is 0.550. The maximum Gasteiger partial charge on any atom is 0.303 e. The molecule has 0 heterocycles. The number of halogens is 2. The number of carbonyl (C=O) groups is 3. The van der Waals surface area contributed by atoms with Gasteiger partial charge in [0.1, 0.15) is 5.67 Å². The van der Waals surface area contributed by atoms with Crippen LogP contribution >= 0.6 is 0 Å². The number of hydrogen-bond acceptors (Lipinski definition) is 7. The zero-order valence-electron chi connectivity index (χ0n) is 18.2. The first-order valence-electron chi connectivity index (χ1n) is 10.8. The van der Waals surface area contributed by atoms with Gasteiger partial charge >= 0.3 is 5.97 Å². The lowest BCUT2D eigenvalue weighted by Crippen LogP contribution is -2.74. The van der Waals surface area contributed by atoms with Gasteiger partial charge in [-0.15, -0.1) is 0 Å². The highest BCUT2D eigenvalue weighted by molar-refractivity contribution is 6.01. The number of hydrogen-bond donors (Lipinski definition) is 3. The molecule has 176 valence electrons. The van der Waals surface area contributed by atoms with E-state index in [2.05, 4.69) is 4.74 Å². The number of carbonyl (C=O) groups excluding carboxylic acids is 3. The molecule has 32 heavy (non-hydrogen) atoms. The Balaban J connectivity index is 1.82. The molecule has 0 aromatic rings. The van der Waals surface area contributed by atoms with E-state index in [-0.39, 0.29) is 18.6 Å². The zero-order chi connectivity index (χ0) is 23.9. The first-order valence-corrected chi connectivity index (χ1v) is 10.8. The minimum absolute atomic E-state index is 0.0802. The molecule has 0 spiro atoms. The minimum atomic E-state index is -2.69. The Hall–Kier alpha value is -1.97. The van der Waals surface area contributed by atoms with Gasteiger partial charge in [-0.2, -0.15) is 0 Å². The lowest BCUT2D eigenvalue weighted by atomic mass is 9.43. The summed E-state index contributed by atoms with van der Waals surface area (Å²) < 4.78 is 38.6. The van der Waals surface area contributed by atoms with E-state index >= 15 is 8.78 Å². The van der Waals surface area contributed by atoms with Crippen LogP contribution in [0.5, 0.6) is 0 Å². The number of esters is 1. The van der Waals surface area contributed by atoms with Gasteiger partial charge in [-0.3, -0.25) is 14.4 Å². The molecule has 0 aliphatic heterocycles. The average molecular weight is 454 g/mol. The molecule has 0 bridgehead atoms. The van der Waals surface area contributed by atoms with E-state index in [0.29, 0.717) is 5.57 Å². The van der Waals surface area contributed by atoms with Crippen LogP contribution < -0.4 is 0 Å². The normalized spacial score (nSPS) is 49.6. The second-order valence-electron chi connectivity index (χ2n) is 10.1. The molecule has 0 aromatic carbocycles. The summed E-state index contributed by atoms with van der Waals surface area (Å²) in [6.45, 7) is 2.91. The van der Waals surface area contributed by atoms with Gasteiger partial charge in [0.05, 0.1) is 12.2 Å². The van der Waals surface area contributed by atoms with Crippen LogP contribution in [-0.2, 0) is 19.1 Å². The summed E-state index contributed by atoms with van der Waals surface area (Å²) in [6, 6.07) is 0. The van der Waals surface area contributed by atoms with Crippen molar-refractivity contribution < 1.29 is 43.2 Å². The molecule has 8 atom stereocenters. The Morgan fingerprint density at radius 2 is 1.84 bits per heavy atom. The molecule has 0 aromatic heterocycles. The van der Waals surface area contributed by atoms with Crippen molar-refractivity contribution in [2.45, 2.75) is 75.6 Å². The summed E-state index contributed by atoms with van der Waals surface area (Å²) in [4.78, 5) is 35.9. The van der Waals surface area contributed by atoms with Gasteiger partial charge in [-0.05, 0) is 38.3 Å². The van der Waals surface area contributed by atoms with Gasteiger partial charge in [0.15, 0.2) is 23.7 Å². The van der Waals surface area contributed by atoms with Crippen LogP contribution in [0.25, 0.3) is 0 Å². The fraction of sp³-hybridized carbons (Fsp3) is 0.696. The van der Waals surface area contributed by atoms with E-state index in [9.17, 15) is 29.7 Å². The Morgan fingerprint density at radius 1 is 1.19 bits per heavy atom. The summed E-state index contributed by atoms with van der Waals surface area (Å²) >= 11 is 0. The van der Waals surface area contributed by atoms with Crippen LogP contribution in [0.4, 0.5) is 8.78 Å². The first-order chi connectivity index (χ1) is 14.7. The summed E-state index contributed by atoms with van der Waals surface area (Å²) in [6.07, 6.45) is -1.08. The molecule has 4 aliphatic rings. The smallest absolute Gasteiger partial charge is 0.303 e. The SMILES string of the molecule is CC(=O)OCC(=O)[C@@]1(O)[C@H](O)C[C@]2(F)[C@@H]3CCC4=CC(=O)C=C[C@]4(C)[C@@]3(F)[C@@H](O)C[C@]12C. The summed E-state index contributed by atoms with van der Waals surface area (Å²) in [5.74, 6) is -3.68. The molecule has 7 nitrogen and oxygen atoms in total. The fourth-order valence-electron chi connectivity index (χ4n) is 6.94. The number of aliphatic hydroxyl groups excluding tert-OH is 2. The number of Topliss-reactive ketones (excluding diaryl/α,β-unsaturated/α-hetero) is 1. The predicted octanol–water partition coefficient (Wildman–Crippen LogP) is 1.28. The highest BCUT2D eigenvalue weighted by atomic mass is 19.2. The minimum Gasteiger partial charge on any atom is -0.458 e. The summed E-state index contributed by atoms with van der Waals surface area (Å²) in [5.41, 5.74) is -10.8. The van der Waals surface area contributed by atoms with Crippen LogP contribution in [0.15, 0.2) is 23.8 Å². The molecule has 3 N–H and O–H groups in total. The number of allylic oxidation sites excluding steroid dienone is 4. The van der Waals surface area contributed by atoms with E-state index < -0.39 is 77.1 Å². The molecule has 3 fully saturated rings. The van der Waals surface area contributed by atoms with Crippen LogP contribution in [-0.4, -0.2) is 68.6 Å². The molecule has 9 heteroatoms. The molecule has 0 radical (unpaired) electrons. The number of ether oxygens (including phenoxy) is 1. The lowest BCUT2D eigenvalue weighted by molar-refractivity contribution is -0.256. The molecule has 0 amide bonds. The number of rotatable bonds is 3. The van der Waals surface area contributed by atoms with E-state index in [1.165, 1.54) is 32.1 Å². The highest BCUT2D eigenvalue weighted by Gasteiger charge is 2.83. The van der Waals surface area contributed by atoms with Crippen LogP contribution in [0.2, 0.25) is 0 Å². The van der Waals surface area contributed by atoms with E-state index in [0.717, 1.165) is 6.92 Å². The van der Waals surface area contributed by atoms with Crippen molar-refractivity contribution in [3.8, 4) is 0 Å². The van der Waals surface area contributed by atoms with Gasteiger partial charge in [0.25, 0.3) is 0 Å². The highest BCUT2D eigenvalue weighted by Crippen LogP contribution is 2.72. The topological polar surface area (TPSA) is 121 Å². The van der Waals surface area contributed by atoms with E-state index in [1.807, 2.05) is 0 Å². The Bertz CT molecular complexity index is 962. The van der Waals surface area contributed by atoms with Gasteiger partial charge in [-0.1, -0.05) is 18.6 Å². The van der Waals surface area contributed by atoms with Gasteiger partial charge in [0.2, 0.25) is 5.78 Å². The van der Waals surface area contributed by atoms with Crippen LogP contribution in [0.1, 0.15) is 46.5 Å². The van der Waals surface area contributed by atoms with Crippen LogP contribution in [0, 0.1) is 16.7 Å². The second kappa shape index (κ2) is 6.77. The van der Waals surface area contributed by atoms with E-state index in [1.54, 1.807) is 0 Å². The Labute approximate surface area is 184 Å². The lowest BCUT2D eigenvalue weighted by Gasteiger charge is -2.64. The maximum absolute atomic E-state index is 17.0. The van der Waals surface area contributed by atoms with Crippen molar-refractivity contribution in [1.29, 1.82) is 0 Å². The fourth-order valence-corrected chi connectivity index (χ4v) is 6.94. The molecular weight excluding hydrogens is 426 g/mol. The van der Waals surface area contributed by atoms with Gasteiger partial charge < -0.3 is 20.1 Å². The monoisotopic (exact) mass is 454 g/mol. The van der Waals surface area contributed by atoms with Gasteiger partial charge in [-0.25, -0.2) is 8.78 Å². The number of alkyl halides is 2. The van der Waals surface area contributed by atoms with Crippen molar-refractivity contribution in [3.05, 3.63) is 23.8 Å². The standard InChI is InChI=1S/C23H28F2O7/c1-12(26)32-11-18(30)23(31)17(29)10-21(24)15-5-4-13-8-14(27)6-7-19(13,2)22(15,25)16(28)9-20(21,23)3/h6-8,15-17,28-29,31H,4-5,9-11H2,1-3H3/t15-,16-,17+,19-,20-,21-,22-,23-/m0/s1. The molecule has 4 aliphatic carbocycles. The number of fused-ring (bicyclic) bond motifs is 5. The van der Waals surface area contributed by atoms with Crippen molar-refractivity contribution in [2.75, 3.05) is 6.61 Å². The predicted molar refractivity (Wildman–Crippen MR) is 107 cm³/mol. The van der Waals surface area contributed by atoms with Crippen LogP contribution in [0.3, 0.4) is 0 Å². The molecule has 0 saturated heterocycles. The van der Waals surface area contributed by atoms with Crippen molar-refractivity contribution >= 4 is 17.5 Å².